The summed E-state index contributed by atoms with van der Waals surface area (Å²) in [5, 5.41) is 10.8. The van der Waals surface area contributed by atoms with E-state index in [0.29, 0.717) is 5.56 Å². The van der Waals surface area contributed by atoms with Gasteiger partial charge in [-0.15, -0.1) is 0 Å². The van der Waals surface area contributed by atoms with Crippen LogP contribution in [-0.2, 0) is 5.54 Å². The predicted molar refractivity (Wildman–Crippen MR) is 52.8 cm³/mol. The van der Waals surface area contributed by atoms with E-state index in [4.69, 9.17) is 5.73 Å². The molecular weight excluding hydrogens is 180 g/mol. The molecule has 0 aromatic heterocycles. The van der Waals surface area contributed by atoms with Gasteiger partial charge >= 0.3 is 0 Å². The van der Waals surface area contributed by atoms with E-state index < -0.39 is 5.54 Å². The highest BCUT2D eigenvalue weighted by molar-refractivity contribution is 5.45. The first-order valence-electron chi connectivity index (χ1n) is 4.66. The summed E-state index contributed by atoms with van der Waals surface area (Å²) < 4.78 is 0. The van der Waals surface area contributed by atoms with Gasteiger partial charge in [0, 0.05) is 17.2 Å². The lowest BCUT2D eigenvalue weighted by Gasteiger charge is -2.37. The second-order valence-electron chi connectivity index (χ2n) is 3.78. The Morgan fingerprint density at radius 2 is 2.00 bits per heavy atom. The van der Waals surface area contributed by atoms with Crippen LogP contribution < -0.4 is 5.73 Å². The lowest BCUT2D eigenvalue weighted by molar-refractivity contribution is -0.386. The molecule has 14 heavy (non-hydrogen) atoms. The molecule has 0 spiro atoms. The minimum Gasteiger partial charge on any atom is -0.321 e. The van der Waals surface area contributed by atoms with E-state index in [1.165, 1.54) is 6.07 Å². The molecule has 1 fully saturated rings. The van der Waals surface area contributed by atoms with Crippen molar-refractivity contribution in [3.8, 4) is 0 Å². The van der Waals surface area contributed by atoms with Gasteiger partial charge in [0.2, 0.25) is 0 Å². The van der Waals surface area contributed by atoms with E-state index in [-0.39, 0.29) is 10.6 Å². The van der Waals surface area contributed by atoms with Gasteiger partial charge < -0.3 is 5.73 Å². The number of hydrogen-bond acceptors (Lipinski definition) is 3. The van der Waals surface area contributed by atoms with Crippen LogP contribution in [0.3, 0.4) is 0 Å². The molecule has 2 rings (SSSR count). The number of nitrogens with zero attached hydrogens (tertiary/aromatic N) is 1. The SMILES string of the molecule is NC1(c2ccccc2[N+](=O)[O-])CCC1. The quantitative estimate of drug-likeness (QED) is 0.575. The van der Waals surface area contributed by atoms with E-state index in [1.54, 1.807) is 18.2 Å². The fourth-order valence-electron chi connectivity index (χ4n) is 1.88. The van der Waals surface area contributed by atoms with Gasteiger partial charge in [-0.2, -0.15) is 0 Å². The van der Waals surface area contributed by atoms with Gasteiger partial charge in [0.25, 0.3) is 5.69 Å². The van der Waals surface area contributed by atoms with Crippen LogP contribution in [0.2, 0.25) is 0 Å². The highest BCUT2D eigenvalue weighted by Crippen LogP contribution is 2.42. The predicted octanol–water partition coefficient (Wildman–Crippen LogP) is 1.93. The lowest BCUT2D eigenvalue weighted by Crippen LogP contribution is -2.43. The van der Waals surface area contributed by atoms with Gasteiger partial charge in [0.05, 0.1) is 4.92 Å². The second kappa shape index (κ2) is 3.06. The molecule has 0 aliphatic heterocycles. The van der Waals surface area contributed by atoms with Crippen LogP contribution in [-0.4, -0.2) is 4.92 Å². The molecule has 1 aromatic carbocycles. The molecule has 0 unspecified atom stereocenters. The topological polar surface area (TPSA) is 69.2 Å². The molecule has 0 saturated heterocycles. The van der Waals surface area contributed by atoms with Crippen molar-refractivity contribution < 1.29 is 4.92 Å². The Balaban J connectivity index is 2.46. The fourth-order valence-corrected chi connectivity index (χ4v) is 1.88. The zero-order valence-electron chi connectivity index (χ0n) is 7.77. The lowest BCUT2D eigenvalue weighted by atomic mass is 9.72. The largest absolute Gasteiger partial charge is 0.321 e. The van der Waals surface area contributed by atoms with E-state index in [0.717, 1.165) is 19.3 Å². The van der Waals surface area contributed by atoms with Crippen molar-refractivity contribution in [1.82, 2.24) is 0 Å². The molecule has 1 saturated carbocycles. The van der Waals surface area contributed by atoms with Gasteiger partial charge in [-0.1, -0.05) is 18.2 Å². The van der Waals surface area contributed by atoms with Crippen LogP contribution in [0.25, 0.3) is 0 Å². The summed E-state index contributed by atoms with van der Waals surface area (Å²) in [6.07, 6.45) is 2.75. The summed E-state index contributed by atoms with van der Waals surface area (Å²) in [6.45, 7) is 0. The Kier molecular flexibility index (Phi) is 2.00. The van der Waals surface area contributed by atoms with Crippen molar-refractivity contribution in [3.63, 3.8) is 0 Å². The number of rotatable bonds is 2. The van der Waals surface area contributed by atoms with Crippen molar-refractivity contribution in [2.24, 2.45) is 5.73 Å². The highest BCUT2D eigenvalue weighted by Gasteiger charge is 2.38. The molecule has 74 valence electrons. The van der Waals surface area contributed by atoms with Crippen LogP contribution in [0.4, 0.5) is 5.69 Å². The maximum Gasteiger partial charge on any atom is 0.274 e. The molecular formula is C10H12N2O2. The fraction of sp³-hybridized carbons (Fsp3) is 0.400. The monoisotopic (exact) mass is 192 g/mol. The Hall–Kier alpha value is -1.42. The van der Waals surface area contributed by atoms with Crippen molar-refractivity contribution in [2.75, 3.05) is 0 Å². The summed E-state index contributed by atoms with van der Waals surface area (Å²) in [6, 6.07) is 6.75. The maximum atomic E-state index is 10.8. The summed E-state index contributed by atoms with van der Waals surface area (Å²) in [5.41, 5.74) is 6.43. The van der Waals surface area contributed by atoms with E-state index in [9.17, 15) is 10.1 Å². The molecule has 0 heterocycles. The Bertz CT molecular complexity index is 372. The Morgan fingerprint density at radius 3 is 2.50 bits per heavy atom. The van der Waals surface area contributed by atoms with Gasteiger partial charge in [-0.3, -0.25) is 10.1 Å². The summed E-state index contributed by atoms with van der Waals surface area (Å²) in [7, 11) is 0. The minimum atomic E-state index is -0.455. The standard InChI is InChI=1S/C10H12N2O2/c11-10(6-3-7-10)8-4-1-2-5-9(8)12(13)14/h1-2,4-5H,3,6-7,11H2. The van der Waals surface area contributed by atoms with E-state index in [2.05, 4.69) is 0 Å². The maximum absolute atomic E-state index is 10.8. The van der Waals surface area contributed by atoms with Gasteiger partial charge in [0.15, 0.2) is 0 Å². The number of para-hydroxylation sites is 1. The number of nitro benzene ring substituents is 1. The van der Waals surface area contributed by atoms with E-state index >= 15 is 0 Å². The molecule has 0 bridgehead atoms. The molecule has 0 amide bonds. The number of nitro groups is 1. The second-order valence-corrected chi connectivity index (χ2v) is 3.78. The van der Waals surface area contributed by atoms with Crippen molar-refractivity contribution >= 4 is 5.69 Å². The van der Waals surface area contributed by atoms with Crippen molar-refractivity contribution in [1.29, 1.82) is 0 Å². The third kappa shape index (κ3) is 1.28. The number of benzene rings is 1. The molecule has 1 aliphatic carbocycles. The smallest absolute Gasteiger partial charge is 0.274 e. The first-order valence-corrected chi connectivity index (χ1v) is 4.66. The molecule has 0 atom stereocenters. The van der Waals surface area contributed by atoms with Crippen molar-refractivity contribution in [2.45, 2.75) is 24.8 Å². The van der Waals surface area contributed by atoms with Crippen LogP contribution in [0.5, 0.6) is 0 Å². The molecule has 4 nitrogen and oxygen atoms in total. The van der Waals surface area contributed by atoms with Crippen LogP contribution in [0, 0.1) is 10.1 Å². The van der Waals surface area contributed by atoms with Gasteiger partial charge in [0.1, 0.15) is 0 Å². The Labute approximate surface area is 81.9 Å². The van der Waals surface area contributed by atoms with Gasteiger partial charge in [-0.05, 0) is 19.3 Å². The number of nitrogens with two attached hydrogens (primary N) is 1. The molecule has 2 N–H and O–H groups in total. The summed E-state index contributed by atoms with van der Waals surface area (Å²) in [4.78, 5) is 10.4. The highest BCUT2D eigenvalue weighted by atomic mass is 16.6. The van der Waals surface area contributed by atoms with Crippen molar-refractivity contribution in [3.05, 3.63) is 39.9 Å². The summed E-state index contributed by atoms with van der Waals surface area (Å²) in [5.74, 6) is 0. The Morgan fingerprint density at radius 1 is 1.36 bits per heavy atom. The van der Waals surface area contributed by atoms with E-state index in [1.807, 2.05) is 0 Å². The number of hydrogen-bond donors (Lipinski definition) is 1. The third-order valence-electron chi connectivity index (χ3n) is 2.88. The zero-order chi connectivity index (χ0) is 10.2. The first-order chi connectivity index (χ1) is 6.63. The first kappa shape index (κ1) is 9.15. The molecule has 0 radical (unpaired) electrons. The molecule has 4 heteroatoms. The van der Waals surface area contributed by atoms with Crippen LogP contribution in [0.15, 0.2) is 24.3 Å². The third-order valence-corrected chi connectivity index (χ3v) is 2.88. The van der Waals surface area contributed by atoms with Crippen LogP contribution >= 0.6 is 0 Å². The van der Waals surface area contributed by atoms with Gasteiger partial charge in [-0.25, -0.2) is 0 Å². The average Bonchev–Trinajstić information content (AvgIpc) is 2.14. The minimum absolute atomic E-state index is 0.148. The molecule has 1 aliphatic rings. The normalized spacial score (nSPS) is 18.6. The summed E-state index contributed by atoms with van der Waals surface area (Å²) >= 11 is 0. The van der Waals surface area contributed by atoms with Crippen LogP contribution in [0.1, 0.15) is 24.8 Å². The molecule has 1 aromatic rings. The average molecular weight is 192 g/mol. The zero-order valence-corrected chi connectivity index (χ0v) is 7.77.